The van der Waals surface area contributed by atoms with Gasteiger partial charge in [-0.05, 0) is 31.2 Å². The Balaban J connectivity index is 1.97. The summed E-state index contributed by atoms with van der Waals surface area (Å²) < 4.78 is 0. The van der Waals surface area contributed by atoms with E-state index in [-0.39, 0.29) is 0 Å². The third-order valence-electron chi connectivity index (χ3n) is 3.78. The van der Waals surface area contributed by atoms with Crippen LogP contribution in [0.4, 0.5) is 5.69 Å². The molecular formula is C12H15N3S. The summed E-state index contributed by atoms with van der Waals surface area (Å²) >= 11 is 5.09. The number of nitrogens with two attached hydrogens (primary N) is 1. The number of anilines is 1. The lowest BCUT2D eigenvalue weighted by Crippen LogP contribution is -2.33. The van der Waals surface area contributed by atoms with Crippen molar-refractivity contribution < 1.29 is 0 Å². The maximum atomic E-state index is 5.76. The number of hydrogen-bond acceptors (Lipinski definition) is 3. The van der Waals surface area contributed by atoms with Crippen LogP contribution in [0, 0.1) is 5.92 Å². The fourth-order valence-electron chi connectivity index (χ4n) is 3.04. The largest absolute Gasteiger partial charge is 0.389 e. The third-order valence-corrected chi connectivity index (χ3v) is 4.00. The molecule has 1 aliphatic heterocycles. The van der Waals surface area contributed by atoms with Gasteiger partial charge in [-0.25, -0.2) is 0 Å². The first-order valence-electron chi connectivity index (χ1n) is 5.76. The Bertz CT molecular complexity index is 432. The fraction of sp³-hybridized carbons (Fsp3) is 0.500. The van der Waals surface area contributed by atoms with Crippen molar-refractivity contribution in [3.8, 4) is 0 Å². The van der Waals surface area contributed by atoms with Crippen molar-refractivity contribution in [1.82, 2.24) is 4.98 Å². The van der Waals surface area contributed by atoms with Crippen LogP contribution in [-0.2, 0) is 0 Å². The molecule has 1 saturated carbocycles. The number of aromatic nitrogens is 1. The number of nitrogens with zero attached hydrogens (tertiary/aromatic N) is 2. The first kappa shape index (κ1) is 10.0. The SMILES string of the molecule is NC(=S)c1ccncc1N1CC2CCC1C2. The van der Waals surface area contributed by atoms with Gasteiger partial charge in [0.05, 0.1) is 11.9 Å². The minimum atomic E-state index is 0.472. The second kappa shape index (κ2) is 3.70. The van der Waals surface area contributed by atoms with Gasteiger partial charge in [0.1, 0.15) is 4.99 Å². The van der Waals surface area contributed by atoms with Crippen LogP contribution in [0.5, 0.6) is 0 Å². The molecule has 0 radical (unpaired) electrons. The Morgan fingerprint density at radius 2 is 2.38 bits per heavy atom. The summed E-state index contributed by atoms with van der Waals surface area (Å²) in [4.78, 5) is 7.11. The van der Waals surface area contributed by atoms with E-state index in [1.165, 1.54) is 19.3 Å². The highest BCUT2D eigenvalue weighted by Crippen LogP contribution is 2.40. The number of thiocarbonyl (C=S) groups is 1. The molecule has 16 heavy (non-hydrogen) atoms. The summed E-state index contributed by atoms with van der Waals surface area (Å²) in [6.45, 7) is 1.14. The van der Waals surface area contributed by atoms with Crippen LogP contribution in [0.25, 0.3) is 0 Å². The van der Waals surface area contributed by atoms with Crippen LogP contribution in [0.3, 0.4) is 0 Å². The molecule has 2 fully saturated rings. The van der Waals surface area contributed by atoms with E-state index in [0.29, 0.717) is 11.0 Å². The first-order valence-corrected chi connectivity index (χ1v) is 6.17. The lowest BCUT2D eigenvalue weighted by Gasteiger charge is -2.30. The highest BCUT2D eigenvalue weighted by molar-refractivity contribution is 7.80. The Kier molecular flexibility index (Phi) is 2.32. The van der Waals surface area contributed by atoms with E-state index in [4.69, 9.17) is 18.0 Å². The van der Waals surface area contributed by atoms with Gasteiger partial charge in [-0.2, -0.15) is 0 Å². The average Bonchev–Trinajstić information content (AvgIpc) is 2.90. The van der Waals surface area contributed by atoms with Gasteiger partial charge in [0.2, 0.25) is 0 Å². The van der Waals surface area contributed by atoms with E-state index in [2.05, 4.69) is 9.88 Å². The molecular weight excluding hydrogens is 218 g/mol. The van der Waals surface area contributed by atoms with Crippen LogP contribution < -0.4 is 10.6 Å². The zero-order chi connectivity index (χ0) is 11.1. The minimum absolute atomic E-state index is 0.472. The van der Waals surface area contributed by atoms with Crippen molar-refractivity contribution in [1.29, 1.82) is 0 Å². The topological polar surface area (TPSA) is 42.1 Å². The molecule has 2 unspecified atom stereocenters. The summed E-state index contributed by atoms with van der Waals surface area (Å²) in [7, 11) is 0. The molecule has 3 rings (SSSR count). The van der Waals surface area contributed by atoms with Gasteiger partial charge in [-0.1, -0.05) is 12.2 Å². The van der Waals surface area contributed by atoms with Crippen molar-refractivity contribution in [2.75, 3.05) is 11.4 Å². The second-order valence-corrected chi connectivity index (χ2v) is 5.18. The normalized spacial score (nSPS) is 27.4. The van der Waals surface area contributed by atoms with Gasteiger partial charge < -0.3 is 10.6 Å². The minimum Gasteiger partial charge on any atom is -0.389 e. The molecule has 84 valence electrons. The smallest absolute Gasteiger partial charge is 0.106 e. The number of hydrogen-bond donors (Lipinski definition) is 1. The number of rotatable bonds is 2. The standard InChI is InChI=1S/C12H15N3S/c13-12(16)10-3-4-14-6-11(10)15-7-8-1-2-9(15)5-8/h3-4,6,8-9H,1-2,5,7H2,(H2,13,16). The molecule has 2 atom stereocenters. The van der Waals surface area contributed by atoms with E-state index in [9.17, 15) is 0 Å². The number of pyridine rings is 1. The van der Waals surface area contributed by atoms with Crippen molar-refractivity contribution in [2.24, 2.45) is 11.7 Å². The molecule has 3 nitrogen and oxygen atoms in total. The van der Waals surface area contributed by atoms with Crippen molar-refractivity contribution in [3.05, 3.63) is 24.0 Å². The van der Waals surface area contributed by atoms with Crippen molar-refractivity contribution in [2.45, 2.75) is 25.3 Å². The molecule has 0 amide bonds. The molecule has 2 heterocycles. The lowest BCUT2D eigenvalue weighted by molar-refractivity contribution is 0.553. The van der Waals surface area contributed by atoms with Gasteiger partial charge in [-0.3, -0.25) is 4.98 Å². The summed E-state index contributed by atoms with van der Waals surface area (Å²) in [5.74, 6) is 0.865. The summed E-state index contributed by atoms with van der Waals surface area (Å²) in [5, 5.41) is 0. The van der Waals surface area contributed by atoms with Gasteiger partial charge in [-0.15, -0.1) is 0 Å². The van der Waals surface area contributed by atoms with E-state index in [1.54, 1.807) is 6.20 Å². The molecule has 1 saturated heterocycles. The summed E-state index contributed by atoms with van der Waals surface area (Å²) in [6, 6.07) is 2.60. The molecule has 2 bridgehead atoms. The average molecular weight is 233 g/mol. The summed E-state index contributed by atoms with van der Waals surface area (Å²) in [6.07, 6.45) is 7.66. The third kappa shape index (κ3) is 1.48. The maximum absolute atomic E-state index is 5.76. The molecule has 1 aliphatic carbocycles. The Morgan fingerprint density at radius 3 is 3.00 bits per heavy atom. The molecule has 1 aromatic heterocycles. The Morgan fingerprint density at radius 1 is 1.50 bits per heavy atom. The lowest BCUT2D eigenvalue weighted by atomic mass is 10.1. The predicted molar refractivity (Wildman–Crippen MR) is 68.6 cm³/mol. The maximum Gasteiger partial charge on any atom is 0.106 e. The van der Waals surface area contributed by atoms with Gasteiger partial charge >= 0.3 is 0 Å². The van der Waals surface area contributed by atoms with Gasteiger partial charge in [0, 0.05) is 24.3 Å². The Hall–Kier alpha value is -1.16. The van der Waals surface area contributed by atoms with Crippen LogP contribution >= 0.6 is 12.2 Å². The van der Waals surface area contributed by atoms with Gasteiger partial charge in [0.15, 0.2) is 0 Å². The highest BCUT2D eigenvalue weighted by Gasteiger charge is 2.38. The molecule has 2 aliphatic rings. The van der Waals surface area contributed by atoms with E-state index in [1.807, 2.05) is 12.3 Å². The van der Waals surface area contributed by atoms with Crippen LogP contribution in [0.1, 0.15) is 24.8 Å². The van der Waals surface area contributed by atoms with E-state index < -0.39 is 0 Å². The highest BCUT2D eigenvalue weighted by atomic mass is 32.1. The summed E-state index contributed by atoms with van der Waals surface area (Å²) in [5.41, 5.74) is 7.85. The van der Waals surface area contributed by atoms with Gasteiger partial charge in [0.25, 0.3) is 0 Å². The fourth-order valence-corrected chi connectivity index (χ4v) is 3.22. The molecule has 4 heteroatoms. The van der Waals surface area contributed by atoms with Crippen LogP contribution in [0.15, 0.2) is 18.5 Å². The molecule has 0 aromatic carbocycles. The van der Waals surface area contributed by atoms with E-state index in [0.717, 1.165) is 23.7 Å². The molecule has 0 spiro atoms. The molecule has 2 N–H and O–H groups in total. The number of fused-ring (bicyclic) bond motifs is 2. The van der Waals surface area contributed by atoms with Crippen molar-refractivity contribution >= 4 is 22.9 Å². The van der Waals surface area contributed by atoms with Crippen LogP contribution in [0.2, 0.25) is 0 Å². The number of piperidine rings is 1. The predicted octanol–water partition coefficient (Wildman–Crippen LogP) is 1.70. The van der Waals surface area contributed by atoms with E-state index >= 15 is 0 Å². The second-order valence-electron chi connectivity index (χ2n) is 4.74. The Labute approximate surface area is 101 Å². The van der Waals surface area contributed by atoms with Crippen LogP contribution in [-0.4, -0.2) is 22.6 Å². The first-order chi connectivity index (χ1) is 7.75. The molecule has 1 aromatic rings. The monoisotopic (exact) mass is 233 g/mol. The quantitative estimate of drug-likeness (QED) is 0.790. The van der Waals surface area contributed by atoms with Crippen molar-refractivity contribution in [3.63, 3.8) is 0 Å². The zero-order valence-electron chi connectivity index (χ0n) is 9.10. The zero-order valence-corrected chi connectivity index (χ0v) is 9.91.